The van der Waals surface area contributed by atoms with Crippen molar-refractivity contribution in [2.45, 2.75) is 38.6 Å². The second-order valence-corrected chi connectivity index (χ2v) is 9.95. The number of para-hydroxylation sites is 1. The van der Waals surface area contributed by atoms with E-state index in [1.54, 1.807) is 14.2 Å². The predicted octanol–water partition coefficient (Wildman–Crippen LogP) is 6.65. The molecule has 1 aliphatic carbocycles. The summed E-state index contributed by atoms with van der Waals surface area (Å²) in [4.78, 5) is 21.1. The standard InChI is InChI=1S/C25H27BrN2O3S/c1-16-9-7-8-12-20(16)28-24(29)22(32-25(28)27-18-10-5-4-6-11-18)15-17-13-19(26)23(31-3)21(14-17)30-2/h4-6,10-11,13-16,20H,7-9,12H2,1-3H3/b22-15-,27-25?/t16-,20-/m0/s1. The van der Waals surface area contributed by atoms with E-state index >= 15 is 0 Å². The van der Waals surface area contributed by atoms with Crippen molar-refractivity contribution in [2.24, 2.45) is 10.9 Å². The zero-order chi connectivity index (χ0) is 22.7. The molecule has 2 aromatic rings. The highest BCUT2D eigenvalue weighted by Crippen LogP contribution is 2.42. The van der Waals surface area contributed by atoms with E-state index in [2.05, 4.69) is 22.9 Å². The highest BCUT2D eigenvalue weighted by atomic mass is 79.9. The maximum Gasteiger partial charge on any atom is 0.267 e. The van der Waals surface area contributed by atoms with Gasteiger partial charge in [0.2, 0.25) is 0 Å². The van der Waals surface area contributed by atoms with Gasteiger partial charge in [0.25, 0.3) is 5.91 Å². The molecule has 7 heteroatoms. The van der Waals surface area contributed by atoms with Crippen LogP contribution in [-0.2, 0) is 4.79 Å². The second kappa shape index (κ2) is 10.1. The van der Waals surface area contributed by atoms with Crippen LogP contribution in [0.4, 0.5) is 5.69 Å². The van der Waals surface area contributed by atoms with Gasteiger partial charge >= 0.3 is 0 Å². The Balaban J connectivity index is 1.74. The molecule has 4 rings (SSSR count). The summed E-state index contributed by atoms with van der Waals surface area (Å²) in [6.07, 6.45) is 6.42. The molecule has 1 heterocycles. The van der Waals surface area contributed by atoms with Gasteiger partial charge in [-0.3, -0.25) is 9.69 Å². The SMILES string of the molecule is COc1cc(/C=C2\SC(=Nc3ccccc3)N([C@H]3CCCC[C@@H]3C)C2=O)cc(Br)c1OC. The molecule has 1 aliphatic heterocycles. The number of rotatable bonds is 5. The van der Waals surface area contributed by atoms with E-state index in [0.29, 0.717) is 22.3 Å². The van der Waals surface area contributed by atoms with E-state index < -0.39 is 0 Å². The molecule has 2 atom stereocenters. The molecule has 0 aromatic heterocycles. The van der Waals surface area contributed by atoms with E-state index in [1.807, 2.05) is 53.4 Å². The van der Waals surface area contributed by atoms with Crippen LogP contribution in [0.3, 0.4) is 0 Å². The Kier molecular flexibility index (Phi) is 7.26. The largest absolute Gasteiger partial charge is 0.493 e. The van der Waals surface area contributed by atoms with Gasteiger partial charge in [-0.25, -0.2) is 4.99 Å². The summed E-state index contributed by atoms with van der Waals surface area (Å²) < 4.78 is 11.7. The Morgan fingerprint density at radius 3 is 2.56 bits per heavy atom. The molecule has 2 fully saturated rings. The minimum Gasteiger partial charge on any atom is -0.493 e. The van der Waals surface area contributed by atoms with Crippen LogP contribution in [0, 0.1) is 5.92 Å². The number of benzene rings is 2. The Bertz CT molecular complexity index is 1050. The number of carbonyl (C=O) groups excluding carboxylic acids is 1. The molecule has 2 aromatic carbocycles. The molecule has 0 unspecified atom stereocenters. The zero-order valence-corrected chi connectivity index (χ0v) is 20.9. The summed E-state index contributed by atoms with van der Waals surface area (Å²) in [5.74, 6) is 1.71. The molecular weight excluding hydrogens is 488 g/mol. The number of nitrogens with zero attached hydrogens (tertiary/aromatic N) is 2. The van der Waals surface area contributed by atoms with Gasteiger partial charge in [0, 0.05) is 6.04 Å². The molecule has 0 spiro atoms. The lowest BCUT2D eigenvalue weighted by Gasteiger charge is -2.35. The average Bonchev–Trinajstić information content (AvgIpc) is 3.08. The van der Waals surface area contributed by atoms with Gasteiger partial charge < -0.3 is 9.47 Å². The van der Waals surface area contributed by atoms with Gasteiger partial charge in [0.1, 0.15) is 0 Å². The van der Waals surface area contributed by atoms with Gasteiger partial charge in [-0.15, -0.1) is 0 Å². The third-order valence-electron chi connectivity index (χ3n) is 5.97. The number of thioether (sulfide) groups is 1. The molecule has 5 nitrogen and oxygen atoms in total. The number of amides is 1. The number of carbonyl (C=O) groups is 1. The summed E-state index contributed by atoms with van der Waals surface area (Å²) in [7, 11) is 3.21. The lowest BCUT2D eigenvalue weighted by atomic mass is 9.85. The van der Waals surface area contributed by atoms with Crippen molar-refractivity contribution in [3.63, 3.8) is 0 Å². The highest BCUT2D eigenvalue weighted by molar-refractivity contribution is 9.10. The van der Waals surface area contributed by atoms with Gasteiger partial charge in [0.05, 0.1) is 29.3 Å². The average molecular weight is 515 g/mol. The summed E-state index contributed by atoms with van der Waals surface area (Å²) in [5.41, 5.74) is 1.72. The van der Waals surface area contributed by atoms with E-state index in [-0.39, 0.29) is 11.9 Å². The smallest absolute Gasteiger partial charge is 0.267 e. The number of hydrogen-bond donors (Lipinski definition) is 0. The number of halogens is 1. The summed E-state index contributed by atoms with van der Waals surface area (Å²) >= 11 is 4.98. The van der Waals surface area contributed by atoms with Crippen LogP contribution in [-0.4, -0.2) is 36.2 Å². The maximum atomic E-state index is 13.6. The van der Waals surface area contributed by atoms with Gasteiger partial charge in [-0.1, -0.05) is 38.0 Å². The second-order valence-electron chi connectivity index (χ2n) is 8.08. The molecular formula is C25H27BrN2O3S. The Labute approximate surface area is 202 Å². The molecule has 0 radical (unpaired) electrons. The first kappa shape index (κ1) is 22.9. The normalized spacial score (nSPS) is 23.8. The molecule has 2 aliphatic rings. The fourth-order valence-electron chi connectivity index (χ4n) is 4.32. The Morgan fingerprint density at radius 1 is 1.12 bits per heavy atom. The van der Waals surface area contributed by atoms with Crippen molar-refractivity contribution in [1.29, 1.82) is 0 Å². The van der Waals surface area contributed by atoms with Gasteiger partial charge in [-0.2, -0.15) is 0 Å². The maximum absolute atomic E-state index is 13.6. The minimum atomic E-state index is 0.0225. The zero-order valence-electron chi connectivity index (χ0n) is 18.5. The number of aliphatic imine (C=N–C) groups is 1. The fourth-order valence-corrected chi connectivity index (χ4v) is 5.99. The van der Waals surface area contributed by atoms with E-state index in [4.69, 9.17) is 14.5 Å². The van der Waals surface area contributed by atoms with Crippen molar-refractivity contribution in [3.05, 3.63) is 57.4 Å². The van der Waals surface area contributed by atoms with Crippen LogP contribution >= 0.6 is 27.7 Å². The topological polar surface area (TPSA) is 51.1 Å². The van der Waals surface area contributed by atoms with Crippen LogP contribution < -0.4 is 9.47 Å². The highest BCUT2D eigenvalue weighted by Gasteiger charge is 2.41. The van der Waals surface area contributed by atoms with Crippen molar-refractivity contribution in [2.75, 3.05) is 14.2 Å². The molecule has 168 valence electrons. The lowest BCUT2D eigenvalue weighted by molar-refractivity contribution is -0.124. The number of ether oxygens (including phenoxy) is 2. The van der Waals surface area contributed by atoms with Crippen molar-refractivity contribution >= 4 is 50.5 Å². The molecule has 1 amide bonds. The van der Waals surface area contributed by atoms with Crippen LogP contribution in [0.2, 0.25) is 0 Å². The van der Waals surface area contributed by atoms with Crippen LogP contribution in [0.1, 0.15) is 38.2 Å². The molecule has 0 N–H and O–H groups in total. The van der Waals surface area contributed by atoms with Crippen molar-refractivity contribution < 1.29 is 14.3 Å². The van der Waals surface area contributed by atoms with Crippen LogP contribution in [0.25, 0.3) is 6.08 Å². The summed E-state index contributed by atoms with van der Waals surface area (Å²) in [5, 5.41) is 0.755. The van der Waals surface area contributed by atoms with Crippen LogP contribution in [0.15, 0.2) is 56.8 Å². The summed E-state index contributed by atoms with van der Waals surface area (Å²) in [6.45, 7) is 2.25. The van der Waals surface area contributed by atoms with E-state index in [0.717, 1.165) is 40.2 Å². The first-order valence-corrected chi connectivity index (χ1v) is 12.4. The van der Waals surface area contributed by atoms with Gasteiger partial charge in [-0.05, 0) is 82.4 Å². The number of methoxy groups -OCH3 is 2. The minimum absolute atomic E-state index is 0.0225. The van der Waals surface area contributed by atoms with E-state index in [9.17, 15) is 4.79 Å². The van der Waals surface area contributed by atoms with Gasteiger partial charge in [0.15, 0.2) is 16.7 Å². The number of amidine groups is 1. The fraction of sp³-hybridized carbons (Fsp3) is 0.360. The Morgan fingerprint density at radius 2 is 1.88 bits per heavy atom. The first-order valence-electron chi connectivity index (χ1n) is 10.8. The predicted molar refractivity (Wildman–Crippen MR) is 135 cm³/mol. The quantitative estimate of drug-likeness (QED) is 0.419. The monoisotopic (exact) mass is 514 g/mol. The number of hydrogen-bond acceptors (Lipinski definition) is 5. The molecule has 32 heavy (non-hydrogen) atoms. The third-order valence-corrected chi connectivity index (χ3v) is 7.54. The Hall–Kier alpha value is -2.25. The third kappa shape index (κ3) is 4.74. The van der Waals surface area contributed by atoms with Crippen molar-refractivity contribution in [3.8, 4) is 11.5 Å². The van der Waals surface area contributed by atoms with Crippen molar-refractivity contribution in [1.82, 2.24) is 4.90 Å². The lowest BCUT2D eigenvalue weighted by Crippen LogP contribution is -2.44. The van der Waals surface area contributed by atoms with E-state index in [1.165, 1.54) is 18.2 Å². The molecule has 1 saturated carbocycles. The molecule has 0 bridgehead atoms. The molecule has 1 saturated heterocycles. The summed E-state index contributed by atoms with van der Waals surface area (Å²) in [6, 6.07) is 13.8. The van der Waals surface area contributed by atoms with Crippen LogP contribution in [0.5, 0.6) is 11.5 Å². The first-order chi connectivity index (χ1) is 15.5.